The average molecular weight is 438 g/mol. The molecule has 12 nitrogen and oxygen atoms in total. The van der Waals surface area contributed by atoms with Gasteiger partial charge in [-0.05, 0) is 13.0 Å². The predicted molar refractivity (Wildman–Crippen MR) is 115 cm³/mol. The summed E-state index contributed by atoms with van der Waals surface area (Å²) >= 11 is 0. The van der Waals surface area contributed by atoms with Crippen LogP contribution >= 0.6 is 0 Å². The molecular formula is C20H22N8O4. The number of hydrogen-bond acceptors (Lipinski definition) is 8. The molecule has 1 saturated heterocycles. The van der Waals surface area contributed by atoms with Crippen molar-refractivity contribution < 1.29 is 14.5 Å². The fraction of sp³-hybridized carbons (Fsp3) is 0.350. The van der Waals surface area contributed by atoms with Crippen LogP contribution in [0.2, 0.25) is 0 Å². The van der Waals surface area contributed by atoms with Crippen molar-refractivity contribution in [3.63, 3.8) is 0 Å². The van der Waals surface area contributed by atoms with E-state index in [1.54, 1.807) is 22.7 Å². The standard InChI is InChI=1S/C20H22N8O4/c1-13(24-19(29)14-4-3-5-15(10-14)28(31)32)20(30)27-8-6-26(7-9-27)18-16-11-23-25(2)17(16)21-12-22-18/h3-5,10-13H,6-9H2,1-2H3,(H,24,29). The molecule has 0 aliphatic carbocycles. The van der Waals surface area contributed by atoms with Gasteiger partial charge in [0.2, 0.25) is 5.91 Å². The number of hydrogen-bond donors (Lipinski definition) is 1. The summed E-state index contributed by atoms with van der Waals surface area (Å²) in [5, 5.41) is 18.6. The van der Waals surface area contributed by atoms with E-state index in [2.05, 4.69) is 25.3 Å². The van der Waals surface area contributed by atoms with E-state index >= 15 is 0 Å². The molecule has 1 atom stereocenters. The van der Waals surface area contributed by atoms with E-state index in [0.717, 1.165) is 16.9 Å². The van der Waals surface area contributed by atoms with Gasteiger partial charge in [-0.3, -0.25) is 24.4 Å². The molecule has 1 aliphatic rings. The Labute approximate surface area is 183 Å². The summed E-state index contributed by atoms with van der Waals surface area (Å²) in [6.45, 7) is 3.72. The Bertz CT molecular complexity index is 1190. The van der Waals surface area contributed by atoms with Crippen LogP contribution < -0.4 is 10.2 Å². The lowest BCUT2D eigenvalue weighted by atomic mass is 10.1. The van der Waals surface area contributed by atoms with Gasteiger partial charge in [0, 0.05) is 50.9 Å². The molecule has 12 heteroatoms. The number of aryl methyl sites for hydroxylation is 1. The molecular weight excluding hydrogens is 416 g/mol. The molecule has 1 N–H and O–H groups in total. The number of nitrogens with one attached hydrogen (secondary N) is 1. The number of aromatic nitrogens is 4. The van der Waals surface area contributed by atoms with E-state index in [1.807, 2.05) is 7.05 Å². The van der Waals surface area contributed by atoms with Crippen molar-refractivity contribution in [2.45, 2.75) is 13.0 Å². The number of rotatable bonds is 5. The number of non-ortho nitro benzene ring substituents is 1. The van der Waals surface area contributed by atoms with Gasteiger partial charge < -0.3 is 15.1 Å². The van der Waals surface area contributed by atoms with Crippen molar-refractivity contribution in [2.75, 3.05) is 31.1 Å². The highest BCUT2D eigenvalue weighted by atomic mass is 16.6. The van der Waals surface area contributed by atoms with E-state index in [-0.39, 0.29) is 17.2 Å². The number of carbonyl (C=O) groups excluding carboxylic acids is 2. The van der Waals surface area contributed by atoms with Gasteiger partial charge in [-0.1, -0.05) is 6.07 Å². The van der Waals surface area contributed by atoms with Crippen LogP contribution in [0.1, 0.15) is 17.3 Å². The number of piperazine rings is 1. The third-order valence-corrected chi connectivity index (χ3v) is 5.44. The first-order chi connectivity index (χ1) is 15.3. The number of benzene rings is 1. The number of carbonyl (C=O) groups is 2. The first-order valence-electron chi connectivity index (χ1n) is 10.1. The highest BCUT2D eigenvalue weighted by molar-refractivity contribution is 5.98. The number of nitrogens with zero attached hydrogens (tertiary/aromatic N) is 7. The molecule has 1 fully saturated rings. The lowest BCUT2D eigenvalue weighted by molar-refractivity contribution is -0.384. The largest absolute Gasteiger partial charge is 0.352 e. The van der Waals surface area contributed by atoms with Gasteiger partial charge in [0.25, 0.3) is 11.6 Å². The molecule has 1 unspecified atom stereocenters. The van der Waals surface area contributed by atoms with Crippen LogP contribution in [0, 0.1) is 10.1 Å². The van der Waals surface area contributed by atoms with Gasteiger partial charge in [0.1, 0.15) is 18.2 Å². The smallest absolute Gasteiger partial charge is 0.270 e. The molecule has 0 radical (unpaired) electrons. The molecule has 4 rings (SSSR count). The lowest BCUT2D eigenvalue weighted by Crippen LogP contribution is -2.54. The zero-order valence-electron chi connectivity index (χ0n) is 17.6. The summed E-state index contributed by atoms with van der Waals surface area (Å²) in [5.41, 5.74) is 0.694. The van der Waals surface area contributed by atoms with Gasteiger partial charge in [-0.2, -0.15) is 5.10 Å². The van der Waals surface area contributed by atoms with Crippen molar-refractivity contribution >= 4 is 34.4 Å². The number of anilines is 1. The van der Waals surface area contributed by atoms with Gasteiger partial charge in [-0.15, -0.1) is 0 Å². The summed E-state index contributed by atoms with van der Waals surface area (Å²) in [4.78, 5) is 48.1. The van der Waals surface area contributed by atoms with Crippen molar-refractivity contribution in [3.05, 3.63) is 52.5 Å². The maximum Gasteiger partial charge on any atom is 0.270 e. The zero-order chi connectivity index (χ0) is 22.8. The first kappa shape index (κ1) is 21.2. The van der Waals surface area contributed by atoms with Gasteiger partial charge >= 0.3 is 0 Å². The fourth-order valence-corrected chi connectivity index (χ4v) is 3.72. The summed E-state index contributed by atoms with van der Waals surface area (Å²) in [5.74, 6) is 0.0352. The van der Waals surface area contributed by atoms with E-state index < -0.39 is 16.9 Å². The molecule has 2 aromatic heterocycles. The predicted octanol–water partition coefficient (Wildman–Crippen LogP) is 0.739. The molecule has 1 aromatic carbocycles. The summed E-state index contributed by atoms with van der Waals surface area (Å²) in [7, 11) is 1.82. The average Bonchev–Trinajstić information content (AvgIpc) is 3.19. The number of fused-ring (bicyclic) bond motifs is 1. The van der Waals surface area contributed by atoms with Gasteiger partial charge in [0.05, 0.1) is 16.5 Å². The monoisotopic (exact) mass is 438 g/mol. The molecule has 0 bridgehead atoms. The Morgan fingerprint density at radius 1 is 1.19 bits per heavy atom. The maximum absolute atomic E-state index is 12.8. The quantitative estimate of drug-likeness (QED) is 0.454. The lowest BCUT2D eigenvalue weighted by Gasteiger charge is -2.36. The number of amides is 2. The normalized spacial score (nSPS) is 14.9. The van der Waals surface area contributed by atoms with Crippen LogP contribution in [0.5, 0.6) is 0 Å². The van der Waals surface area contributed by atoms with E-state index in [0.29, 0.717) is 26.2 Å². The SMILES string of the molecule is CC(NC(=O)c1cccc([N+](=O)[O-])c1)C(=O)N1CCN(c2ncnc3c2cnn3C)CC1. The van der Waals surface area contributed by atoms with Crippen molar-refractivity contribution in [1.82, 2.24) is 30.0 Å². The van der Waals surface area contributed by atoms with Crippen LogP contribution in [0.15, 0.2) is 36.8 Å². The summed E-state index contributed by atoms with van der Waals surface area (Å²) in [6, 6.07) is 4.63. The molecule has 166 valence electrons. The van der Waals surface area contributed by atoms with E-state index in [4.69, 9.17) is 0 Å². The van der Waals surface area contributed by atoms with E-state index in [1.165, 1.54) is 30.6 Å². The van der Waals surface area contributed by atoms with Crippen molar-refractivity contribution in [1.29, 1.82) is 0 Å². The molecule has 0 saturated carbocycles. The molecule has 3 aromatic rings. The highest BCUT2D eigenvalue weighted by Gasteiger charge is 2.27. The van der Waals surface area contributed by atoms with Crippen LogP contribution in [0.25, 0.3) is 11.0 Å². The molecule has 3 heterocycles. The minimum absolute atomic E-state index is 0.132. The molecule has 1 aliphatic heterocycles. The summed E-state index contributed by atoms with van der Waals surface area (Å²) in [6.07, 6.45) is 3.23. The highest BCUT2D eigenvalue weighted by Crippen LogP contribution is 2.23. The Morgan fingerprint density at radius 2 is 1.94 bits per heavy atom. The minimum atomic E-state index is -0.766. The number of nitro groups is 1. The minimum Gasteiger partial charge on any atom is -0.352 e. The Kier molecular flexibility index (Phi) is 5.67. The van der Waals surface area contributed by atoms with Gasteiger partial charge in [0.15, 0.2) is 5.65 Å². The first-order valence-corrected chi connectivity index (χ1v) is 10.1. The van der Waals surface area contributed by atoms with Crippen LogP contribution in [-0.2, 0) is 11.8 Å². The second-order valence-corrected chi connectivity index (χ2v) is 7.52. The Hall–Kier alpha value is -4.09. The Balaban J connectivity index is 1.37. The van der Waals surface area contributed by atoms with Crippen LogP contribution in [0.3, 0.4) is 0 Å². The second kappa shape index (κ2) is 8.57. The van der Waals surface area contributed by atoms with Crippen LogP contribution in [-0.4, -0.2) is 73.6 Å². The molecule has 2 amide bonds. The fourth-order valence-electron chi connectivity index (χ4n) is 3.72. The third kappa shape index (κ3) is 4.06. The second-order valence-electron chi connectivity index (χ2n) is 7.52. The summed E-state index contributed by atoms with van der Waals surface area (Å²) < 4.78 is 1.69. The maximum atomic E-state index is 12.8. The van der Waals surface area contributed by atoms with Crippen molar-refractivity contribution in [2.24, 2.45) is 7.05 Å². The molecule has 0 spiro atoms. The van der Waals surface area contributed by atoms with Crippen LogP contribution in [0.4, 0.5) is 11.5 Å². The molecule has 32 heavy (non-hydrogen) atoms. The van der Waals surface area contributed by atoms with Crippen molar-refractivity contribution in [3.8, 4) is 0 Å². The van der Waals surface area contributed by atoms with E-state index in [9.17, 15) is 19.7 Å². The van der Waals surface area contributed by atoms with Gasteiger partial charge in [-0.25, -0.2) is 9.97 Å². The zero-order valence-corrected chi connectivity index (χ0v) is 17.6. The Morgan fingerprint density at radius 3 is 2.66 bits per heavy atom. The topological polar surface area (TPSA) is 139 Å². The third-order valence-electron chi connectivity index (χ3n) is 5.44. The number of nitro benzene ring substituents is 1.